The molecule has 2 aromatic rings. The predicted molar refractivity (Wildman–Crippen MR) is 124 cm³/mol. The molecule has 0 saturated heterocycles. The minimum Gasteiger partial charge on any atom is -0.321 e. The Balaban J connectivity index is 2.50. The first-order valence-electron chi connectivity index (χ1n) is 10.6. The van der Waals surface area contributed by atoms with Crippen LogP contribution in [0.25, 0.3) is 0 Å². The van der Waals surface area contributed by atoms with Gasteiger partial charge < -0.3 is 5.32 Å². The Labute approximate surface area is 181 Å². The molecule has 0 heterocycles. The Morgan fingerprint density at radius 3 is 1.97 bits per heavy atom. The van der Waals surface area contributed by atoms with Crippen molar-refractivity contribution in [1.29, 1.82) is 0 Å². The van der Waals surface area contributed by atoms with Crippen molar-refractivity contribution in [2.75, 3.05) is 18.4 Å². The van der Waals surface area contributed by atoms with Gasteiger partial charge in [0.1, 0.15) is 0 Å². The van der Waals surface area contributed by atoms with Crippen molar-refractivity contribution in [2.45, 2.75) is 65.2 Å². The summed E-state index contributed by atoms with van der Waals surface area (Å²) in [6.45, 7) is 14.5. The first-order chi connectivity index (χ1) is 14.0. The molecule has 5 nitrogen and oxygen atoms in total. The summed E-state index contributed by atoms with van der Waals surface area (Å²) in [6, 6.07) is 10.9. The lowest BCUT2D eigenvalue weighted by molar-refractivity contribution is 0.102. The van der Waals surface area contributed by atoms with Crippen LogP contribution in [0.2, 0.25) is 0 Å². The number of aryl methyl sites for hydroxylation is 1. The molecule has 0 aliphatic heterocycles. The van der Waals surface area contributed by atoms with Gasteiger partial charge in [-0.1, -0.05) is 65.8 Å². The molecule has 6 heteroatoms. The molecule has 0 aliphatic carbocycles. The molecule has 0 atom stereocenters. The van der Waals surface area contributed by atoms with Crippen molar-refractivity contribution < 1.29 is 13.2 Å². The van der Waals surface area contributed by atoms with Crippen molar-refractivity contribution in [3.63, 3.8) is 0 Å². The quantitative estimate of drug-likeness (QED) is 0.599. The maximum atomic E-state index is 13.1. The van der Waals surface area contributed by atoms with Gasteiger partial charge in [0.15, 0.2) is 0 Å². The molecule has 0 saturated carbocycles. The highest BCUT2D eigenvalue weighted by Gasteiger charge is 2.25. The van der Waals surface area contributed by atoms with Crippen molar-refractivity contribution in [2.24, 2.45) is 0 Å². The largest absolute Gasteiger partial charge is 0.321 e. The van der Waals surface area contributed by atoms with Crippen molar-refractivity contribution in [3.05, 3.63) is 58.7 Å². The second-order valence-electron chi connectivity index (χ2n) is 8.14. The summed E-state index contributed by atoms with van der Waals surface area (Å²) < 4.78 is 27.5. The Morgan fingerprint density at radius 2 is 1.50 bits per heavy atom. The van der Waals surface area contributed by atoms with E-state index in [0.29, 0.717) is 24.2 Å². The van der Waals surface area contributed by atoms with Crippen LogP contribution in [-0.2, 0) is 10.0 Å². The summed E-state index contributed by atoms with van der Waals surface area (Å²) in [5, 5.41) is 3.07. The van der Waals surface area contributed by atoms with E-state index in [-0.39, 0.29) is 22.6 Å². The van der Waals surface area contributed by atoms with E-state index in [0.717, 1.165) is 16.8 Å². The molecule has 0 aromatic heterocycles. The van der Waals surface area contributed by atoms with E-state index in [9.17, 15) is 13.2 Å². The van der Waals surface area contributed by atoms with Crippen LogP contribution in [0, 0.1) is 6.92 Å². The van der Waals surface area contributed by atoms with E-state index in [2.05, 4.69) is 33.0 Å². The fraction of sp³-hybridized carbons (Fsp3) is 0.458. The molecule has 30 heavy (non-hydrogen) atoms. The first-order valence-corrected chi connectivity index (χ1v) is 12.0. The third-order valence-electron chi connectivity index (χ3n) is 5.39. The van der Waals surface area contributed by atoms with Gasteiger partial charge in [-0.25, -0.2) is 8.42 Å². The molecule has 1 N–H and O–H groups in total. The third-order valence-corrected chi connectivity index (χ3v) is 7.58. The minimum absolute atomic E-state index is 0.181. The number of carbonyl (C=O) groups excluding carboxylic acids is 1. The maximum absolute atomic E-state index is 13.1. The van der Waals surface area contributed by atoms with Crippen LogP contribution < -0.4 is 5.32 Å². The number of para-hydroxylation sites is 1. The molecule has 0 bridgehead atoms. The van der Waals surface area contributed by atoms with E-state index >= 15 is 0 Å². The highest BCUT2D eigenvalue weighted by atomic mass is 32.2. The monoisotopic (exact) mass is 430 g/mol. The number of sulfonamides is 1. The lowest BCUT2D eigenvalue weighted by Gasteiger charge is -2.21. The number of nitrogens with one attached hydrogen (secondary N) is 1. The van der Waals surface area contributed by atoms with Gasteiger partial charge in [0.2, 0.25) is 10.0 Å². The molecule has 0 spiro atoms. The summed E-state index contributed by atoms with van der Waals surface area (Å²) in [5.41, 5.74) is 3.92. The maximum Gasteiger partial charge on any atom is 0.255 e. The Hall–Kier alpha value is -2.18. The summed E-state index contributed by atoms with van der Waals surface area (Å²) in [4.78, 5) is 13.3. The Kier molecular flexibility index (Phi) is 7.83. The summed E-state index contributed by atoms with van der Waals surface area (Å²) in [5.74, 6) is 0.187. The zero-order valence-corrected chi connectivity index (χ0v) is 19.9. The number of amides is 1. The number of hydrogen-bond acceptors (Lipinski definition) is 3. The highest BCUT2D eigenvalue weighted by molar-refractivity contribution is 7.89. The lowest BCUT2D eigenvalue weighted by Crippen LogP contribution is -2.31. The number of benzene rings is 2. The van der Waals surface area contributed by atoms with Gasteiger partial charge in [0, 0.05) is 24.3 Å². The molecule has 0 fully saturated rings. The Morgan fingerprint density at radius 1 is 0.967 bits per heavy atom. The van der Waals surface area contributed by atoms with E-state index in [1.54, 1.807) is 19.1 Å². The average molecular weight is 431 g/mol. The predicted octanol–water partition coefficient (Wildman–Crippen LogP) is 5.52. The van der Waals surface area contributed by atoms with Gasteiger partial charge in [0.25, 0.3) is 5.91 Å². The summed E-state index contributed by atoms with van der Waals surface area (Å²) in [7, 11) is -3.65. The van der Waals surface area contributed by atoms with Crippen LogP contribution >= 0.6 is 0 Å². The van der Waals surface area contributed by atoms with Gasteiger partial charge in [-0.2, -0.15) is 4.31 Å². The van der Waals surface area contributed by atoms with Crippen LogP contribution in [0.4, 0.5) is 5.69 Å². The van der Waals surface area contributed by atoms with E-state index in [1.807, 2.05) is 32.0 Å². The molecular weight excluding hydrogens is 396 g/mol. The van der Waals surface area contributed by atoms with Crippen LogP contribution in [0.1, 0.15) is 80.4 Å². The SMILES string of the molecule is CCN(CC)S(=O)(=O)c1cc(C(=O)Nc2c(C(C)C)cccc2C(C)C)ccc1C. The van der Waals surface area contributed by atoms with E-state index < -0.39 is 10.0 Å². The van der Waals surface area contributed by atoms with Gasteiger partial charge in [-0.05, 0) is 47.6 Å². The van der Waals surface area contributed by atoms with Crippen LogP contribution in [0.3, 0.4) is 0 Å². The van der Waals surface area contributed by atoms with Crippen LogP contribution in [0.5, 0.6) is 0 Å². The second kappa shape index (κ2) is 9.75. The van der Waals surface area contributed by atoms with E-state index in [1.165, 1.54) is 10.4 Å². The second-order valence-corrected chi connectivity index (χ2v) is 10.1. The van der Waals surface area contributed by atoms with Gasteiger partial charge >= 0.3 is 0 Å². The lowest BCUT2D eigenvalue weighted by atomic mass is 9.92. The van der Waals surface area contributed by atoms with Gasteiger partial charge in [0.05, 0.1) is 4.90 Å². The number of carbonyl (C=O) groups is 1. The summed E-state index contributed by atoms with van der Waals surface area (Å²) in [6.07, 6.45) is 0. The number of hydrogen-bond donors (Lipinski definition) is 1. The first kappa shape index (κ1) is 24.1. The zero-order valence-electron chi connectivity index (χ0n) is 19.1. The minimum atomic E-state index is -3.65. The van der Waals surface area contributed by atoms with Crippen molar-refractivity contribution in [3.8, 4) is 0 Å². The molecular formula is C24H34N2O3S. The molecule has 0 unspecified atom stereocenters. The standard InChI is InChI=1S/C24H34N2O3S/c1-8-26(9-2)30(28,29)22-15-19(14-13-18(22)7)24(27)25-23-20(16(3)4)11-10-12-21(23)17(5)6/h10-17H,8-9H2,1-7H3,(H,25,27). The normalized spacial score (nSPS) is 12.1. The number of rotatable bonds is 8. The average Bonchev–Trinajstić information content (AvgIpc) is 2.68. The number of anilines is 1. The fourth-order valence-corrected chi connectivity index (χ4v) is 5.31. The molecule has 164 valence electrons. The fourth-order valence-electron chi connectivity index (χ4n) is 3.60. The van der Waals surface area contributed by atoms with Crippen molar-refractivity contribution >= 4 is 21.6 Å². The molecule has 1 amide bonds. The number of nitrogens with zero attached hydrogens (tertiary/aromatic N) is 1. The van der Waals surface area contributed by atoms with Crippen LogP contribution in [0.15, 0.2) is 41.3 Å². The third kappa shape index (κ3) is 4.93. The smallest absolute Gasteiger partial charge is 0.255 e. The van der Waals surface area contributed by atoms with Crippen LogP contribution in [-0.4, -0.2) is 31.7 Å². The molecule has 2 aromatic carbocycles. The molecule has 2 rings (SSSR count). The summed E-state index contributed by atoms with van der Waals surface area (Å²) >= 11 is 0. The van der Waals surface area contributed by atoms with Crippen molar-refractivity contribution in [1.82, 2.24) is 4.31 Å². The zero-order chi connectivity index (χ0) is 22.6. The van der Waals surface area contributed by atoms with Gasteiger partial charge in [-0.3, -0.25) is 4.79 Å². The molecule has 0 radical (unpaired) electrons. The Bertz CT molecular complexity index is 981. The molecule has 0 aliphatic rings. The van der Waals surface area contributed by atoms with E-state index in [4.69, 9.17) is 0 Å². The highest BCUT2D eigenvalue weighted by Crippen LogP contribution is 2.33. The topological polar surface area (TPSA) is 66.5 Å². The van der Waals surface area contributed by atoms with Gasteiger partial charge in [-0.15, -0.1) is 0 Å².